The first kappa shape index (κ1) is 54.9. The zero-order valence-corrected chi connectivity index (χ0v) is 39.3. The number of rotatable bonds is 38. The zero-order chi connectivity index (χ0) is 45.5. The molecule has 362 valence electrons. The lowest BCUT2D eigenvalue weighted by Gasteiger charge is -2.40. The van der Waals surface area contributed by atoms with Gasteiger partial charge in [-0.1, -0.05) is 192 Å². The van der Waals surface area contributed by atoms with Crippen molar-refractivity contribution < 1.29 is 44.9 Å². The lowest BCUT2D eigenvalue weighted by Crippen LogP contribution is -2.60. The van der Waals surface area contributed by atoms with Crippen LogP contribution in [0.2, 0.25) is 0 Å². The Morgan fingerprint density at radius 2 is 1.16 bits per heavy atom. The van der Waals surface area contributed by atoms with Crippen molar-refractivity contribution in [3.05, 3.63) is 53.3 Å². The first-order valence-electron chi connectivity index (χ1n) is 25.4. The summed E-state index contributed by atoms with van der Waals surface area (Å²) in [7, 11) is 0. The van der Waals surface area contributed by atoms with Crippen LogP contribution in [0, 0.1) is 0 Å². The SMILES string of the molecule is CCCCCCCCCCCCCCCCCCCCCCCCC(=O)N[C@@H](CO[C@H]1O[C@H](CO)[C@H](O)[C@H](O)[C@H]1O)[C@H](O)[C@H](O)c1cnn(Cc2ccc(CCCCCC)cc2)c1. The number of benzene rings is 1. The van der Waals surface area contributed by atoms with E-state index in [-0.39, 0.29) is 12.3 Å². The topological polar surface area (TPSA) is 187 Å². The highest BCUT2D eigenvalue weighted by atomic mass is 16.7. The molecule has 1 saturated heterocycles. The molecule has 1 amide bonds. The molecule has 2 aromatic rings. The van der Waals surface area contributed by atoms with E-state index in [0.29, 0.717) is 18.5 Å². The van der Waals surface area contributed by atoms with Crippen molar-refractivity contribution in [3.8, 4) is 0 Å². The summed E-state index contributed by atoms with van der Waals surface area (Å²) < 4.78 is 12.9. The van der Waals surface area contributed by atoms with Crippen LogP contribution in [-0.2, 0) is 27.2 Å². The highest BCUT2D eigenvalue weighted by molar-refractivity contribution is 5.76. The average Bonchev–Trinajstić information content (AvgIpc) is 3.76. The number of carbonyl (C=O) groups is 1. The van der Waals surface area contributed by atoms with Crippen LogP contribution < -0.4 is 5.32 Å². The molecular formula is C51H89N3O9. The van der Waals surface area contributed by atoms with Gasteiger partial charge in [-0.3, -0.25) is 9.48 Å². The second-order valence-corrected chi connectivity index (χ2v) is 18.4. The van der Waals surface area contributed by atoms with Crippen molar-refractivity contribution in [2.75, 3.05) is 13.2 Å². The zero-order valence-electron chi connectivity index (χ0n) is 39.3. The Hall–Kier alpha value is -2.42. The summed E-state index contributed by atoms with van der Waals surface area (Å²) in [5.74, 6) is -0.318. The smallest absolute Gasteiger partial charge is 0.220 e. The number of amides is 1. The number of aliphatic hydroxyl groups is 6. The second-order valence-electron chi connectivity index (χ2n) is 18.4. The van der Waals surface area contributed by atoms with Crippen molar-refractivity contribution in [1.29, 1.82) is 0 Å². The number of carbonyl (C=O) groups excluding carboxylic acids is 1. The summed E-state index contributed by atoms with van der Waals surface area (Å²) >= 11 is 0. The van der Waals surface area contributed by atoms with Gasteiger partial charge in [-0.05, 0) is 30.4 Å². The van der Waals surface area contributed by atoms with Gasteiger partial charge in [-0.2, -0.15) is 5.10 Å². The standard InChI is InChI=1S/C51H89N3O9/c1-3-5-7-9-10-11-12-13-14-15-16-17-18-19-20-21-22-23-24-25-26-28-30-45(56)53-43(39-62-51-50(61)49(60)48(59)44(38-55)63-51)47(58)46(57)42-35-52-54(37-42)36-41-33-31-40(32-34-41)29-27-8-6-4-2/h31-35,37,43-44,46-51,55,57-61H,3-30,36,38-39H2,1-2H3,(H,53,56)/t43-,44+,46+,47-,48-,49-,50+,51-/m0/s1. The van der Waals surface area contributed by atoms with Crippen LogP contribution in [0.3, 0.4) is 0 Å². The third-order valence-electron chi connectivity index (χ3n) is 12.8. The lowest BCUT2D eigenvalue weighted by molar-refractivity contribution is -0.303. The van der Waals surface area contributed by atoms with Crippen LogP contribution in [0.5, 0.6) is 0 Å². The van der Waals surface area contributed by atoms with Crippen molar-refractivity contribution >= 4 is 5.91 Å². The molecule has 0 aliphatic carbocycles. The van der Waals surface area contributed by atoms with Gasteiger partial charge in [0.25, 0.3) is 0 Å². The summed E-state index contributed by atoms with van der Waals surface area (Å²) in [6.45, 7) is 3.93. The molecule has 1 aliphatic heterocycles. The maximum Gasteiger partial charge on any atom is 0.220 e. The fourth-order valence-corrected chi connectivity index (χ4v) is 8.59. The first-order valence-corrected chi connectivity index (χ1v) is 25.4. The van der Waals surface area contributed by atoms with Gasteiger partial charge in [-0.25, -0.2) is 0 Å². The molecule has 12 heteroatoms. The van der Waals surface area contributed by atoms with Gasteiger partial charge in [0.05, 0.1) is 32.0 Å². The van der Waals surface area contributed by atoms with Crippen LogP contribution in [0.15, 0.2) is 36.7 Å². The van der Waals surface area contributed by atoms with Gasteiger partial charge in [0, 0.05) is 18.2 Å². The van der Waals surface area contributed by atoms with E-state index in [1.54, 1.807) is 10.9 Å². The van der Waals surface area contributed by atoms with Crippen LogP contribution in [0.4, 0.5) is 0 Å². The molecule has 2 heterocycles. The fraction of sp³-hybridized carbons (Fsp3) is 0.804. The molecule has 0 radical (unpaired) electrons. The molecule has 8 atom stereocenters. The average molecular weight is 888 g/mol. The third-order valence-corrected chi connectivity index (χ3v) is 12.8. The van der Waals surface area contributed by atoms with Crippen LogP contribution >= 0.6 is 0 Å². The summed E-state index contributed by atoms with van der Waals surface area (Å²) in [5.41, 5.74) is 2.69. The van der Waals surface area contributed by atoms with E-state index in [0.717, 1.165) is 31.2 Å². The first-order chi connectivity index (χ1) is 30.7. The van der Waals surface area contributed by atoms with Crippen molar-refractivity contribution in [3.63, 3.8) is 0 Å². The van der Waals surface area contributed by atoms with Gasteiger partial charge in [-0.15, -0.1) is 0 Å². The molecule has 0 bridgehead atoms. The Kier molecular flexibility index (Phi) is 29.6. The fourth-order valence-electron chi connectivity index (χ4n) is 8.59. The van der Waals surface area contributed by atoms with E-state index in [2.05, 4.69) is 48.5 Å². The van der Waals surface area contributed by atoms with Crippen LogP contribution in [0.1, 0.15) is 210 Å². The molecular weight excluding hydrogens is 799 g/mol. The second kappa shape index (κ2) is 34.0. The number of aryl methyl sites for hydroxylation is 1. The van der Waals surface area contributed by atoms with E-state index >= 15 is 0 Å². The maximum atomic E-state index is 13.2. The van der Waals surface area contributed by atoms with E-state index in [1.165, 1.54) is 153 Å². The maximum absolute atomic E-state index is 13.2. The molecule has 63 heavy (non-hydrogen) atoms. The molecule has 1 aliphatic rings. The number of hydrogen-bond acceptors (Lipinski definition) is 10. The van der Waals surface area contributed by atoms with Gasteiger partial charge < -0.3 is 45.4 Å². The molecule has 12 nitrogen and oxygen atoms in total. The van der Waals surface area contributed by atoms with E-state index in [4.69, 9.17) is 9.47 Å². The Balaban J connectivity index is 1.36. The number of nitrogens with zero attached hydrogens (tertiary/aromatic N) is 2. The third kappa shape index (κ3) is 22.6. The number of unbranched alkanes of at least 4 members (excludes halogenated alkanes) is 24. The molecule has 0 unspecified atom stereocenters. The summed E-state index contributed by atoms with van der Waals surface area (Å²) in [5, 5.41) is 70.6. The van der Waals surface area contributed by atoms with Crippen molar-refractivity contribution in [1.82, 2.24) is 15.1 Å². The normalized spacial score (nSPS) is 20.5. The van der Waals surface area contributed by atoms with Gasteiger partial charge in [0.15, 0.2) is 6.29 Å². The number of nitrogens with one attached hydrogen (secondary N) is 1. The molecule has 7 N–H and O–H groups in total. The minimum Gasteiger partial charge on any atom is -0.394 e. The molecule has 1 aromatic heterocycles. The molecule has 1 fully saturated rings. The Bertz CT molecular complexity index is 1410. The Morgan fingerprint density at radius 1 is 0.683 bits per heavy atom. The van der Waals surface area contributed by atoms with Gasteiger partial charge in [0.1, 0.15) is 36.6 Å². The van der Waals surface area contributed by atoms with Gasteiger partial charge in [0.2, 0.25) is 5.91 Å². The number of hydrogen-bond donors (Lipinski definition) is 7. The molecule has 1 aromatic carbocycles. The highest BCUT2D eigenvalue weighted by Crippen LogP contribution is 2.25. The van der Waals surface area contributed by atoms with Crippen molar-refractivity contribution in [2.45, 2.75) is 249 Å². The van der Waals surface area contributed by atoms with Crippen molar-refractivity contribution in [2.24, 2.45) is 0 Å². The highest BCUT2D eigenvalue weighted by Gasteiger charge is 2.44. The number of aromatic nitrogens is 2. The largest absolute Gasteiger partial charge is 0.394 e. The Morgan fingerprint density at radius 3 is 1.67 bits per heavy atom. The number of aliphatic hydroxyl groups excluding tert-OH is 6. The summed E-state index contributed by atoms with van der Waals surface area (Å²) in [6, 6.07) is 7.29. The predicted octanol–water partition coefficient (Wildman–Crippen LogP) is 8.74. The quantitative estimate of drug-likeness (QED) is 0.0322. The Labute approximate surface area is 380 Å². The monoisotopic (exact) mass is 888 g/mol. The lowest BCUT2D eigenvalue weighted by atomic mass is 9.99. The summed E-state index contributed by atoms with van der Waals surface area (Å²) in [6.07, 6.45) is 27.1. The van der Waals surface area contributed by atoms with E-state index < -0.39 is 62.2 Å². The number of ether oxygens (including phenoxy) is 2. The molecule has 3 rings (SSSR count). The minimum absolute atomic E-state index is 0.230. The molecule has 0 saturated carbocycles. The van der Waals surface area contributed by atoms with E-state index in [1.807, 2.05) is 0 Å². The predicted molar refractivity (Wildman–Crippen MR) is 250 cm³/mol. The van der Waals surface area contributed by atoms with Crippen LogP contribution in [0.25, 0.3) is 0 Å². The van der Waals surface area contributed by atoms with E-state index in [9.17, 15) is 35.4 Å². The minimum atomic E-state index is -1.65. The summed E-state index contributed by atoms with van der Waals surface area (Å²) in [4.78, 5) is 13.2. The molecule has 0 spiro atoms. The van der Waals surface area contributed by atoms with Crippen LogP contribution in [-0.4, -0.2) is 102 Å². The van der Waals surface area contributed by atoms with Gasteiger partial charge >= 0.3 is 0 Å².